The van der Waals surface area contributed by atoms with Crippen molar-refractivity contribution in [3.63, 3.8) is 0 Å². The van der Waals surface area contributed by atoms with Crippen LogP contribution in [0.3, 0.4) is 0 Å². The molecule has 1 rings (SSSR count). The first-order valence-electron chi connectivity index (χ1n) is 5.46. The minimum atomic E-state index is -1.06. The highest BCUT2D eigenvalue weighted by atomic mass is 28.1. The molecule has 4 heteroatoms. The van der Waals surface area contributed by atoms with Gasteiger partial charge in [0, 0.05) is 16.8 Å². The van der Waals surface area contributed by atoms with Crippen molar-refractivity contribution in [2.75, 3.05) is 6.61 Å². The Balaban J connectivity index is 0.00000225. The fourth-order valence-corrected chi connectivity index (χ4v) is 3.09. The second kappa shape index (κ2) is 4.94. The Labute approximate surface area is 95.4 Å². The van der Waals surface area contributed by atoms with Gasteiger partial charge in [-0.1, -0.05) is 5.57 Å². The number of carbonyl (C=O) groups excluding carboxylic acids is 1. The molecule has 1 unspecified atom stereocenters. The van der Waals surface area contributed by atoms with Crippen molar-refractivity contribution < 1.29 is 16.1 Å². The van der Waals surface area contributed by atoms with Gasteiger partial charge in [-0.2, -0.15) is 0 Å². The van der Waals surface area contributed by atoms with Crippen LogP contribution < -0.4 is 5.11 Å². The van der Waals surface area contributed by atoms with Gasteiger partial charge in [0.15, 0.2) is 0 Å². The van der Waals surface area contributed by atoms with E-state index >= 15 is 0 Å². The number of carboxylic acids is 1. The lowest BCUT2D eigenvalue weighted by atomic mass is 9.98. The number of rotatable bonds is 3. The average Bonchev–Trinajstić information content (AvgIpc) is 2.16. The van der Waals surface area contributed by atoms with Crippen LogP contribution in [0, 0.1) is 0 Å². The zero-order chi connectivity index (χ0) is 11.5. The Morgan fingerprint density at radius 2 is 2.20 bits per heavy atom. The molecule has 3 nitrogen and oxygen atoms in total. The van der Waals surface area contributed by atoms with Crippen LogP contribution in [0.4, 0.5) is 0 Å². The van der Waals surface area contributed by atoms with E-state index in [4.69, 9.17) is 4.74 Å². The highest BCUT2D eigenvalue weighted by Gasteiger charge is 2.28. The van der Waals surface area contributed by atoms with Crippen molar-refractivity contribution >= 4 is 16.2 Å². The van der Waals surface area contributed by atoms with Crippen molar-refractivity contribution in [3.8, 4) is 0 Å². The van der Waals surface area contributed by atoms with Crippen LogP contribution in [0.2, 0.25) is 0 Å². The molecular formula is C11H20O3Si. The quantitative estimate of drug-likeness (QED) is 0.498. The smallest absolute Gasteiger partial charge is 0.545 e. The van der Waals surface area contributed by atoms with E-state index in [-0.39, 0.29) is 6.65 Å². The highest BCUT2D eigenvalue weighted by Crippen LogP contribution is 2.28. The van der Waals surface area contributed by atoms with Gasteiger partial charge < -0.3 is 14.6 Å². The van der Waals surface area contributed by atoms with E-state index in [0.717, 1.165) is 41.7 Å². The van der Waals surface area contributed by atoms with Crippen LogP contribution in [-0.2, 0) is 9.53 Å². The fourth-order valence-electron chi connectivity index (χ4n) is 2.00. The average molecular weight is 228 g/mol. The Bertz CT molecular complexity index is 283. The van der Waals surface area contributed by atoms with Gasteiger partial charge in [0.2, 0.25) is 0 Å². The summed E-state index contributed by atoms with van der Waals surface area (Å²) >= 11 is 0. The van der Waals surface area contributed by atoms with Crippen LogP contribution in [0.5, 0.6) is 0 Å². The molecule has 86 valence electrons. The Kier molecular flexibility index (Phi) is 4.10. The zero-order valence-electron chi connectivity index (χ0n) is 10.8. The summed E-state index contributed by atoms with van der Waals surface area (Å²) in [5.74, 6) is -1.06. The Hall–Kier alpha value is -0.613. The van der Waals surface area contributed by atoms with E-state index < -0.39 is 5.97 Å². The third-order valence-electron chi connectivity index (χ3n) is 3.14. The standard InChI is InChI=1S/C11H20O3Si/c1-8(9(2)10(12)13)7-11(15)5-3-4-6-14-11/h3-7H2,1-2,15H3,(H,12,13). The van der Waals surface area contributed by atoms with Crippen LogP contribution >= 0.6 is 0 Å². The molecule has 15 heavy (non-hydrogen) atoms. The topological polar surface area (TPSA) is 49.4 Å². The second-order valence-electron chi connectivity index (χ2n) is 4.63. The molecule has 1 aliphatic heterocycles. The van der Waals surface area contributed by atoms with Crippen molar-refractivity contribution in [2.45, 2.75) is 44.8 Å². The summed E-state index contributed by atoms with van der Waals surface area (Å²) in [4.78, 5) is 10.7. The molecule has 1 aliphatic rings. The summed E-state index contributed by atoms with van der Waals surface area (Å²) < 4.78 is 5.78. The van der Waals surface area contributed by atoms with Gasteiger partial charge in [-0.05, 0) is 45.1 Å². The van der Waals surface area contributed by atoms with Gasteiger partial charge in [0.1, 0.15) is 0 Å². The van der Waals surface area contributed by atoms with Gasteiger partial charge in [-0.15, -0.1) is 0 Å². The lowest BCUT2D eigenvalue weighted by molar-refractivity contribution is -0.299. The van der Waals surface area contributed by atoms with Crippen LogP contribution in [0.25, 0.3) is 0 Å². The number of hydrogen-bond acceptors (Lipinski definition) is 3. The highest BCUT2D eigenvalue weighted by molar-refractivity contribution is 6.14. The van der Waals surface area contributed by atoms with E-state index in [2.05, 4.69) is 0 Å². The van der Waals surface area contributed by atoms with Crippen LogP contribution in [-0.4, -0.2) is 28.0 Å². The summed E-state index contributed by atoms with van der Waals surface area (Å²) in [7, 11) is 0.950. The third kappa shape index (κ3) is 3.46. The molecule has 0 aromatic heterocycles. The van der Waals surface area contributed by atoms with Crippen molar-refractivity contribution in [1.82, 2.24) is 0 Å². The van der Waals surface area contributed by atoms with Crippen LogP contribution in [0.15, 0.2) is 11.1 Å². The third-order valence-corrected chi connectivity index (χ3v) is 4.28. The molecule has 0 amide bonds. The molecule has 0 N–H and O–H groups in total. The first-order valence-corrected chi connectivity index (χ1v) is 6.46. The molecule has 0 saturated carbocycles. The summed E-state index contributed by atoms with van der Waals surface area (Å²) in [5.41, 5.74) is 1.26. The molecule has 1 atom stereocenters. The SMILES string of the molecule is CC(CC1([SiH3])CCCCO1)=C(C)C(=O)[O-].[H+]. The monoisotopic (exact) mass is 228 g/mol. The molecule has 0 radical (unpaired) electrons. The van der Waals surface area contributed by atoms with Crippen molar-refractivity contribution in [2.24, 2.45) is 0 Å². The number of aliphatic carboxylic acids is 1. The Morgan fingerprint density at radius 1 is 1.53 bits per heavy atom. The first-order chi connectivity index (χ1) is 6.94. The van der Waals surface area contributed by atoms with Crippen LogP contribution in [0.1, 0.15) is 41.0 Å². The summed E-state index contributed by atoms with van der Waals surface area (Å²) in [6, 6.07) is 0. The molecule has 0 aromatic carbocycles. The van der Waals surface area contributed by atoms with Gasteiger partial charge in [-0.25, -0.2) is 0 Å². The lowest BCUT2D eigenvalue weighted by Crippen LogP contribution is -2.37. The molecule has 0 spiro atoms. The Morgan fingerprint density at radius 3 is 2.67 bits per heavy atom. The van der Waals surface area contributed by atoms with E-state index in [1.807, 2.05) is 6.92 Å². The summed E-state index contributed by atoms with van der Waals surface area (Å²) in [5, 5.41) is 10.6. The van der Waals surface area contributed by atoms with Gasteiger partial charge >= 0.3 is 1.43 Å². The maximum Gasteiger partial charge on any atom is 1.00 e. The molecular weight excluding hydrogens is 208 g/mol. The first kappa shape index (κ1) is 12.5. The fraction of sp³-hybridized carbons (Fsp3) is 0.727. The zero-order valence-corrected chi connectivity index (χ0v) is 11.8. The lowest BCUT2D eigenvalue weighted by Gasteiger charge is -2.35. The van der Waals surface area contributed by atoms with E-state index in [1.165, 1.54) is 6.42 Å². The van der Waals surface area contributed by atoms with E-state index in [9.17, 15) is 9.90 Å². The second-order valence-corrected chi connectivity index (χ2v) is 6.45. The summed E-state index contributed by atoms with van der Waals surface area (Å²) in [6.07, 6.45) is 4.14. The maximum absolute atomic E-state index is 10.7. The molecule has 0 aliphatic carbocycles. The maximum atomic E-state index is 10.7. The van der Waals surface area contributed by atoms with Crippen molar-refractivity contribution in [1.29, 1.82) is 0 Å². The van der Waals surface area contributed by atoms with Gasteiger partial charge in [0.25, 0.3) is 0 Å². The van der Waals surface area contributed by atoms with E-state index in [1.54, 1.807) is 6.92 Å². The number of carbonyl (C=O) groups is 1. The van der Waals surface area contributed by atoms with Crippen molar-refractivity contribution in [3.05, 3.63) is 11.1 Å². The molecule has 1 heterocycles. The summed E-state index contributed by atoms with van der Waals surface area (Å²) in [6.45, 7) is 4.29. The molecule has 0 aromatic rings. The number of hydrogen-bond donors (Lipinski definition) is 0. The molecule has 1 fully saturated rings. The minimum Gasteiger partial charge on any atom is -0.545 e. The van der Waals surface area contributed by atoms with E-state index in [0.29, 0.717) is 5.57 Å². The molecule has 0 bridgehead atoms. The number of ether oxygens (including phenoxy) is 1. The molecule has 1 saturated heterocycles. The number of carboxylic acid groups (broad SMARTS) is 1. The largest absolute Gasteiger partial charge is 1.00 e. The predicted octanol–water partition coefficient (Wildman–Crippen LogP) is -0.163. The minimum absolute atomic E-state index is 0. The predicted molar refractivity (Wildman–Crippen MR) is 61.6 cm³/mol. The normalized spacial score (nSPS) is 28.7. The van der Waals surface area contributed by atoms with Gasteiger partial charge in [0.05, 0.1) is 11.2 Å². The van der Waals surface area contributed by atoms with Gasteiger partial charge in [-0.3, -0.25) is 0 Å².